The van der Waals surface area contributed by atoms with Crippen LogP contribution in [0.25, 0.3) is 0 Å². The maximum absolute atomic E-state index is 10.9. The Kier molecular flexibility index (Phi) is 3.58. The summed E-state index contributed by atoms with van der Waals surface area (Å²) in [6.45, 7) is 1.17. The average molecular weight is 278 g/mol. The quantitative estimate of drug-likeness (QED) is 0.674. The summed E-state index contributed by atoms with van der Waals surface area (Å²) in [7, 11) is 0. The Morgan fingerprint density at radius 3 is 3.05 bits per heavy atom. The number of fused-ring (bicyclic) bond motifs is 1. The molecule has 1 N–H and O–H groups in total. The third-order valence-electron chi connectivity index (χ3n) is 4.24. The van der Waals surface area contributed by atoms with Crippen LogP contribution in [0.5, 0.6) is 0 Å². The summed E-state index contributed by atoms with van der Waals surface area (Å²) >= 11 is 0. The number of nitro groups is 1. The number of hydrogen-bond acceptors (Lipinski definition) is 5. The first kappa shape index (κ1) is 13.3. The van der Waals surface area contributed by atoms with Gasteiger partial charge in [0.2, 0.25) is 0 Å². The van der Waals surface area contributed by atoms with Gasteiger partial charge in [0.1, 0.15) is 0 Å². The first-order valence-electron chi connectivity index (χ1n) is 6.97. The van der Waals surface area contributed by atoms with Crippen LogP contribution in [-0.4, -0.2) is 35.3 Å². The summed E-state index contributed by atoms with van der Waals surface area (Å²) in [5, 5.41) is 20.2. The molecule has 1 aliphatic carbocycles. The third-order valence-corrected chi connectivity index (χ3v) is 4.24. The van der Waals surface area contributed by atoms with E-state index < -0.39 is 4.92 Å². The van der Waals surface area contributed by atoms with Gasteiger partial charge in [0.25, 0.3) is 5.69 Å². The van der Waals surface area contributed by atoms with Crippen LogP contribution >= 0.6 is 0 Å². The van der Waals surface area contributed by atoms with Crippen LogP contribution in [0.2, 0.25) is 0 Å². The number of morpholine rings is 1. The highest BCUT2D eigenvalue weighted by molar-refractivity contribution is 5.56. The van der Waals surface area contributed by atoms with Crippen molar-refractivity contribution in [2.24, 2.45) is 0 Å². The maximum atomic E-state index is 10.9. The van der Waals surface area contributed by atoms with Crippen molar-refractivity contribution in [1.29, 1.82) is 0 Å². The molecule has 1 saturated carbocycles. The van der Waals surface area contributed by atoms with Crippen molar-refractivity contribution >= 4 is 11.4 Å². The number of nitro benzene ring substituents is 1. The van der Waals surface area contributed by atoms with Gasteiger partial charge in [-0.3, -0.25) is 10.1 Å². The minimum absolute atomic E-state index is 0.0209. The Morgan fingerprint density at radius 1 is 1.45 bits per heavy atom. The minimum Gasteiger partial charge on any atom is -0.391 e. The average Bonchev–Trinajstić information content (AvgIpc) is 2.94. The van der Waals surface area contributed by atoms with Crippen LogP contribution in [0.3, 0.4) is 0 Å². The van der Waals surface area contributed by atoms with E-state index in [1.807, 2.05) is 0 Å². The predicted octanol–water partition coefficient (Wildman–Crippen LogP) is 1.84. The fourth-order valence-electron chi connectivity index (χ4n) is 3.30. The summed E-state index contributed by atoms with van der Waals surface area (Å²) in [6.07, 6.45) is 3.61. The smallest absolute Gasteiger partial charge is 0.275 e. The summed E-state index contributed by atoms with van der Waals surface area (Å²) in [5.41, 5.74) is 1.29. The highest BCUT2D eigenvalue weighted by atomic mass is 16.6. The van der Waals surface area contributed by atoms with Crippen LogP contribution in [0, 0.1) is 10.1 Å². The van der Waals surface area contributed by atoms with E-state index in [9.17, 15) is 15.2 Å². The van der Waals surface area contributed by atoms with E-state index in [0.29, 0.717) is 18.2 Å². The van der Waals surface area contributed by atoms with E-state index in [0.717, 1.165) is 31.5 Å². The van der Waals surface area contributed by atoms with Crippen molar-refractivity contribution in [3.05, 3.63) is 33.9 Å². The molecule has 2 atom stereocenters. The molecular formula is C14H18N2O4. The van der Waals surface area contributed by atoms with Crippen molar-refractivity contribution in [2.75, 3.05) is 18.1 Å². The summed E-state index contributed by atoms with van der Waals surface area (Å²) in [5.74, 6) is 0. The monoisotopic (exact) mass is 278 g/mol. The molecule has 108 valence electrons. The number of rotatable bonds is 3. The fraction of sp³-hybridized carbons (Fsp3) is 0.571. The van der Waals surface area contributed by atoms with Crippen molar-refractivity contribution in [2.45, 2.75) is 38.0 Å². The Morgan fingerprint density at radius 2 is 2.30 bits per heavy atom. The molecule has 0 amide bonds. The summed E-state index contributed by atoms with van der Waals surface area (Å²) in [4.78, 5) is 12.7. The molecule has 2 aliphatic rings. The lowest BCUT2D eigenvalue weighted by Gasteiger charge is -2.39. The van der Waals surface area contributed by atoms with Gasteiger partial charge in [-0.1, -0.05) is 0 Å². The van der Waals surface area contributed by atoms with Gasteiger partial charge in [0.15, 0.2) is 0 Å². The lowest BCUT2D eigenvalue weighted by atomic mass is 10.1. The molecule has 2 fully saturated rings. The maximum Gasteiger partial charge on any atom is 0.275 e. The van der Waals surface area contributed by atoms with Crippen LogP contribution in [0.4, 0.5) is 11.4 Å². The molecular weight excluding hydrogens is 260 g/mol. The van der Waals surface area contributed by atoms with Gasteiger partial charge in [-0.05, 0) is 31.4 Å². The van der Waals surface area contributed by atoms with Crippen LogP contribution < -0.4 is 4.90 Å². The number of aliphatic hydroxyl groups is 1. The third kappa shape index (κ3) is 2.25. The van der Waals surface area contributed by atoms with Crippen molar-refractivity contribution in [3.8, 4) is 0 Å². The molecule has 0 radical (unpaired) electrons. The topological polar surface area (TPSA) is 75.8 Å². The van der Waals surface area contributed by atoms with Gasteiger partial charge in [0, 0.05) is 18.3 Å². The number of ether oxygens (including phenoxy) is 1. The Balaban J connectivity index is 1.91. The highest BCUT2D eigenvalue weighted by Gasteiger charge is 2.36. The van der Waals surface area contributed by atoms with Gasteiger partial charge in [-0.2, -0.15) is 0 Å². The van der Waals surface area contributed by atoms with E-state index in [-0.39, 0.29) is 18.4 Å². The Bertz CT molecular complexity index is 520. The molecule has 1 saturated heterocycles. The molecule has 0 bridgehead atoms. The molecule has 2 unspecified atom stereocenters. The van der Waals surface area contributed by atoms with Crippen molar-refractivity contribution in [3.63, 3.8) is 0 Å². The minimum atomic E-state index is -0.451. The van der Waals surface area contributed by atoms with Gasteiger partial charge in [-0.25, -0.2) is 0 Å². The Labute approximate surface area is 117 Å². The lowest BCUT2D eigenvalue weighted by Crippen LogP contribution is -2.48. The zero-order chi connectivity index (χ0) is 14.1. The molecule has 20 heavy (non-hydrogen) atoms. The second-order valence-corrected chi connectivity index (χ2v) is 5.33. The lowest BCUT2D eigenvalue weighted by molar-refractivity contribution is -0.385. The van der Waals surface area contributed by atoms with Crippen LogP contribution in [0.1, 0.15) is 24.8 Å². The van der Waals surface area contributed by atoms with E-state index in [1.165, 1.54) is 6.07 Å². The number of nitrogens with zero attached hydrogens (tertiary/aromatic N) is 2. The molecule has 3 rings (SSSR count). The zero-order valence-corrected chi connectivity index (χ0v) is 11.2. The standard InChI is InChI=1S/C14H18N2O4/c17-9-10-8-11(4-5-12(10)16(18)19)15-6-7-20-14-3-1-2-13(14)15/h4-5,8,13-14,17H,1-3,6-7,9H2. The number of hydrogen-bond donors (Lipinski definition) is 1. The zero-order valence-electron chi connectivity index (χ0n) is 11.2. The van der Waals surface area contributed by atoms with Gasteiger partial charge < -0.3 is 14.7 Å². The normalized spacial score (nSPS) is 25.6. The molecule has 0 aromatic heterocycles. The van der Waals surface area contributed by atoms with E-state index >= 15 is 0 Å². The second kappa shape index (κ2) is 5.38. The Hall–Kier alpha value is -1.66. The largest absolute Gasteiger partial charge is 0.391 e. The fourth-order valence-corrected chi connectivity index (χ4v) is 3.30. The number of aliphatic hydroxyl groups excluding tert-OH is 1. The number of benzene rings is 1. The van der Waals surface area contributed by atoms with E-state index in [1.54, 1.807) is 12.1 Å². The molecule has 1 aliphatic heterocycles. The van der Waals surface area contributed by atoms with E-state index in [2.05, 4.69) is 4.90 Å². The van der Waals surface area contributed by atoms with Crippen LogP contribution in [-0.2, 0) is 11.3 Å². The molecule has 0 spiro atoms. The second-order valence-electron chi connectivity index (χ2n) is 5.33. The SMILES string of the molecule is O=[N+]([O-])c1ccc(N2CCOC3CCCC32)cc1CO. The van der Waals surface area contributed by atoms with Gasteiger partial charge >= 0.3 is 0 Å². The van der Waals surface area contributed by atoms with E-state index in [4.69, 9.17) is 4.74 Å². The van der Waals surface area contributed by atoms with Gasteiger partial charge in [-0.15, -0.1) is 0 Å². The molecule has 1 heterocycles. The first-order valence-corrected chi connectivity index (χ1v) is 6.97. The molecule has 6 nitrogen and oxygen atoms in total. The number of anilines is 1. The summed E-state index contributed by atoms with van der Waals surface area (Å²) < 4.78 is 5.77. The molecule has 6 heteroatoms. The first-order chi connectivity index (χ1) is 9.70. The van der Waals surface area contributed by atoms with Crippen LogP contribution in [0.15, 0.2) is 18.2 Å². The predicted molar refractivity (Wildman–Crippen MR) is 73.7 cm³/mol. The summed E-state index contributed by atoms with van der Waals surface area (Å²) in [6, 6.07) is 5.36. The molecule has 1 aromatic carbocycles. The van der Waals surface area contributed by atoms with Crippen molar-refractivity contribution in [1.82, 2.24) is 0 Å². The highest BCUT2D eigenvalue weighted by Crippen LogP contribution is 2.34. The van der Waals surface area contributed by atoms with Gasteiger partial charge in [0.05, 0.1) is 35.8 Å². The molecule has 1 aromatic rings. The van der Waals surface area contributed by atoms with Crippen molar-refractivity contribution < 1.29 is 14.8 Å².